The number of urea groups is 1. The zero-order valence-corrected chi connectivity index (χ0v) is 13.2. The van der Waals surface area contributed by atoms with E-state index < -0.39 is 0 Å². The number of aromatic nitrogens is 2. The highest BCUT2D eigenvalue weighted by molar-refractivity contribution is 5.89. The van der Waals surface area contributed by atoms with E-state index in [0.29, 0.717) is 5.69 Å². The van der Waals surface area contributed by atoms with E-state index >= 15 is 0 Å². The van der Waals surface area contributed by atoms with Gasteiger partial charge in [-0.2, -0.15) is 5.10 Å². The molecule has 1 atom stereocenters. The maximum Gasteiger partial charge on any atom is 0.322 e. The molecule has 5 nitrogen and oxygen atoms in total. The third-order valence-electron chi connectivity index (χ3n) is 4.23. The summed E-state index contributed by atoms with van der Waals surface area (Å²) >= 11 is 0. The van der Waals surface area contributed by atoms with E-state index in [1.165, 1.54) is 12.1 Å². The zero-order valence-electron chi connectivity index (χ0n) is 13.2. The maximum absolute atomic E-state index is 13.0. The fourth-order valence-corrected chi connectivity index (χ4v) is 3.00. The molecule has 1 fully saturated rings. The molecule has 3 rings (SSSR count). The minimum atomic E-state index is -0.234. The van der Waals surface area contributed by atoms with Crippen molar-refractivity contribution in [3.8, 4) is 0 Å². The lowest BCUT2D eigenvalue weighted by Crippen LogP contribution is -2.39. The average Bonchev–Trinajstić information content (AvgIpc) is 3.18. The molecule has 2 heterocycles. The minimum absolute atomic E-state index is 0.0923. The summed E-state index contributed by atoms with van der Waals surface area (Å²) in [5.41, 5.74) is 1.76. The van der Waals surface area contributed by atoms with Gasteiger partial charge in [0, 0.05) is 25.3 Å². The Morgan fingerprint density at radius 1 is 1.39 bits per heavy atom. The third kappa shape index (κ3) is 3.70. The standard InChI is InChI=1S/C17H21FN4O/c1-2-21-12-15(11-19-21)20-17(23)22-9-3-4-16(22)10-13-5-7-14(18)8-6-13/h5-8,11-12,16H,2-4,9-10H2,1H3,(H,20,23)/t16-/m0/s1. The van der Waals surface area contributed by atoms with Crippen LogP contribution in [0.4, 0.5) is 14.9 Å². The Kier molecular flexibility index (Phi) is 4.60. The molecule has 0 radical (unpaired) electrons. The maximum atomic E-state index is 13.0. The smallest absolute Gasteiger partial charge is 0.321 e. The van der Waals surface area contributed by atoms with Crippen LogP contribution in [0.5, 0.6) is 0 Å². The molecule has 1 saturated heterocycles. The highest BCUT2D eigenvalue weighted by Crippen LogP contribution is 2.22. The Labute approximate surface area is 135 Å². The van der Waals surface area contributed by atoms with Gasteiger partial charge in [-0.15, -0.1) is 0 Å². The number of amides is 2. The van der Waals surface area contributed by atoms with Gasteiger partial charge in [-0.1, -0.05) is 12.1 Å². The van der Waals surface area contributed by atoms with E-state index in [0.717, 1.165) is 37.9 Å². The molecular weight excluding hydrogens is 295 g/mol. The van der Waals surface area contributed by atoms with Crippen LogP contribution in [0.25, 0.3) is 0 Å². The van der Waals surface area contributed by atoms with Crippen molar-refractivity contribution in [1.82, 2.24) is 14.7 Å². The largest absolute Gasteiger partial charge is 0.322 e. The van der Waals surface area contributed by atoms with Gasteiger partial charge in [0.2, 0.25) is 0 Å². The number of anilines is 1. The number of rotatable bonds is 4. The van der Waals surface area contributed by atoms with E-state index in [1.54, 1.807) is 23.0 Å². The van der Waals surface area contributed by atoms with E-state index in [4.69, 9.17) is 0 Å². The van der Waals surface area contributed by atoms with Crippen molar-refractivity contribution in [3.63, 3.8) is 0 Å². The first-order chi connectivity index (χ1) is 11.2. The molecule has 0 spiro atoms. The van der Waals surface area contributed by atoms with Crippen molar-refractivity contribution >= 4 is 11.7 Å². The second-order valence-corrected chi connectivity index (χ2v) is 5.83. The van der Waals surface area contributed by atoms with Gasteiger partial charge in [0.1, 0.15) is 5.82 Å². The Morgan fingerprint density at radius 2 is 2.17 bits per heavy atom. The van der Waals surface area contributed by atoms with E-state index in [9.17, 15) is 9.18 Å². The first-order valence-corrected chi connectivity index (χ1v) is 8.00. The molecule has 0 unspecified atom stereocenters. The molecule has 0 saturated carbocycles. The summed E-state index contributed by atoms with van der Waals surface area (Å²) in [4.78, 5) is 14.4. The topological polar surface area (TPSA) is 50.2 Å². The molecule has 1 aliphatic heterocycles. The summed E-state index contributed by atoms with van der Waals surface area (Å²) in [6, 6.07) is 6.57. The van der Waals surface area contributed by atoms with E-state index in [2.05, 4.69) is 10.4 Å². The summed E-state index contributed by atoms with van der Waals surface area (Å²) in [7, 11) is 0. The van der Waals surface area contributed by atoms with Gasteiger partial charge < -0.3 is 10.2 Å². The van der Waals surface area contributed by atoms with Gasteiger partial charge in [0.25, 0.3) is 0 Å². The molecule has 1 aromatic heterocycles. The summed E-state index contributed by atoms with van der Waals surface area (Å²) in [6.45, 7) is 3.52. The van der Waals surface area contributed by atoms with Gasteiger partial charge >= 0.3 is 6.03 Å². The Morgan fingerprint density at radius 3 is 2.87 bits per heavy atom. The number of hydrogen-bond acceptors (Lipinski definition) is 2. The Hall–Kier alpha value is -2.37. The highest BCUT2D eigenvalue weighted by atomic mass is 19.1. The first kappa shape index (κ1) is 15.5. The predicted molar refractivity (Wildman–Crippen MR) is 86.8 cm³/mol. The second-order valence-electron chi connectivity index (χ2n) is 5.83. The number of nitrogens with one attached hydrogen (secondary N) is 1. The molecule has 1 N–H and O–H groups in total. The zero-order chi connectivity index (χ0) is 16.2. The van der Waals surface area contributed by atoms with Crippen LogP contribution in [0.2, 0.25) is 0 Å². The fraction of sp³-hybridized carbons (Fsp3) is 0.412. The lowest BCUT2D eigenvalue weighted by atomic mass is 10.0. The molecule has 0 aliphatic carbocycles. The summed E-state index contributed by atoms with van der Waals surface area (Å²) in [5.74, 6) is -0.234. The number of carbonyl (C=O) groups is 1. The molecule has 6 heteroatoms. The monoisotopic (exact) mass is 316 g/mol. The fourth-order valence-electron chi connectivity index (χ4n) is 3.00. The van der Waals surface area contributed by atoms with Crippen molar-refractivity contribution in [2.24, 2.45) is 0 Å². The molecule has 23 heavy (non-hydrogen) atoms. The van der Waals surface area contributed by atoms with Crippen molar-refractivity contribution in [3.05, 3.63) is 48.0 Å². The SMILES string of the molecule is CCn1cc(NC(=O)N2CCC[C@H]2Cc2ccc(F)cc2)cn1. The average molecular weight is 316 g/mol. The van der Waals surface area contributed by atoms with Crippen molar-refractivity contribution in [2.45, 2.75) is 38.8 Å². The number of benzene rings is 1. The molecule has 2 aromatic rings. The van der Waals surface area contributed by atoms with Gasteiger partial charge in [0.05, 0.1) is 11.9 Å². The van der Waals surface area contributed by atoms with Gasteiger partial charge in [0.15, 0.2) is 0 Å². The number of hydrogen-bond donors (Lipinski definition) is 1. The molecule has 1 aliphatic rings. The van der Waals surface area contributed by atoms with Crippen LogP contribution in [0.15, 0.2) is 36.7 Å². The highest BCUT2D eigenvalue weighted by Gasteiger charge is 2.29. The minimum Gasteiger partial charge on any atom is -0.321 e. The Bertz CT molecular complexity index is 667. The van der Waals surface area contributed by atoms with Crippen molar-refractivity contribution in [2.75, 3.05) is 11.9 Å². The third-order valence-corrected chi connectivity index (χ3v) is 4.23. The number of likely N-dealkylation sites (tertiary alicyclic amines) is 1. The normalized spacial score (nSPS) is 17.5. The van der Waals surface area contributed by atoms with Crippen molar-refractivity contribution < 1.29 is 9.18 Å². The summed E-state index contributed by atoms with van der Waals surface area (Å²) < 4.78 is 14.8. The number of nitrogens with zero attached hydrogens (tertiary/aromatic N) is 3. The quantitative estimate of drug-likeness (QED) is 0.941. The lowest BCUT2D eigenvalue weighted by molar-refractivity contribution is 0.206. The molecule has 0 bridgehead atoms. The van der Waals surface area contributed by atoms with Crippen LogP contribution in [0.1, 0.15) is 25.3 Å². The number of halogens is 1. The predicted octanol–water partition coefficient (Wildman–Crippen LogP) is 3.28. The molecule has 2 amide bonds. The Balaban J connectivity index is 1.63. The summed E-state index contributed by atoms with van der Waals surface area (Å²) in [5, 5.41) is 7.06. The van der Waals surface area contributed by atoms with Gasteiger partial charge in [-0.05, 0) is 43.9 Å². The molecular formula is C17H21FN4O. The van der Waals surface area contributed by atoms with Crippen LogP contribution < -0.4 is 5.32 Å². The number of carbonyl (C=O) groups excluding carboxylic acids is 1. The van der Waals surface area contributed by atoms with Crippen LogP contribution in [-0.2, 0) is 13.0 Å². The molecule has 122 valence electrons. The lowest BCUT2D eigenvalue weighted by Gasteiger charge is -2.24. The van der Waals surface area contributed by atoms with Crippen LogP contribution in [0.3, 0.4) is 0 Å². The van der Waals surface area contributed by atoms with Crippen LogP contribution in [0, 0.1) is 5.82 Å². The van der Waals surface area contributed by atoms with Crippen LogP contribution in [-0.4, -0.2) is 33.3 Å². The second kappa shape index (κ2) is 6.81. The van der Waals surface area contributed by atoms with Gasteiger partial charge in [-0.3, -0.25) is 4.68 Å². The van der Waals surface area contributed by atoms with Crippen LogP contribution >= 0.6 is 0 Å². The first-order valence-electron chi connectivity index (χ1n) is 8.00. The van der Waals surface area contributed by atoms with E-state index in [1.807, 2.05) is 18.0 Å². The molecule has 1 aromatic carbocycles. The van der Waals surface area contributed by atoms with E-state index in [-0.39, 0.29) is 17.9 Å². The van der Waals surface area contributed by atoms with Gasteiger partial charge in [-0.25, -0.2) is 9.18 Å². The van der Waals surface area contributed by atoms with Crippen molar-refractivity contribution in [1.29, 1.82) is 0 Å². The number of aryl methyl sites for hydroxylation is 1. The summed E-state index contributed by atoms with van der Waals surface area (Å²) in [6.07, 6.45) is 6.20.